The Morgan fingerprint density at radius 2 is 2.29 bits per heavy atom. The van der Waals surface area contributed by atoms with Gasteiger partial charge in [-0.3, -0.25) is 0 Å². The van der Waals surface area contributed by atoms with Gasteiger partial charge in [0, 0.05) is 6.42 Å². The zero-order valence-electron chi connectivity index (χ0n) is 10.0. The van der Waals surface area contributed by atoms with Crippen LogP contribution in [0.25, 0.3) is 0 Å². The van der Waals surface area contributed by atoms with Gasteiger partial charge in [-0.05, 0) is 36.8 Å². The number of ether oxygens (including phenoxy) is 1. The van der Waals surface area contributed by atoms with Crippen LogP contribution in [0.3, 0.4) is 0 Å². The minimum Gasteiger partial charge on any atom is -0.487 e. The number of hydrogen-bond donors (Lipinski definition) is 1. The Balaban J connectivity index is 2.07. The van der Waals surface area contributed by atoms with E-state index in [9.17, 15) is 0 Å². The van der Waals surface area contributed by atoms with Crippen LogP contribution >= 0.6 is 0 Å². The Morgan fingerprint density at radius 3 is 3.06 bits per heavy atom. The average Bonchev–Trinajstić information content (AvgIpc) is 2.38. The van der Waals surface area contributed by atoms with Crippen molar-refractivity contribution in [1.82, 2.24) is 0 Å². The molecule has 90 valence electrons. The lowest BCUT2D eigenvalue weighted by Crippen LogP contribution is -2.46. The monoisotopic (exact) mass is 231 g/mol. The third kappa shape index (κ3) is 1.61. The molecule has 1 aromatic rings. The van der Waals surface area contributed by atoms with Crippen LogP contribution in [-0.2, 0) is 0 Å². The molecular formula is C14H17NO2. The first-order valence-electron chi connectivity index (χ1n) is 6.24. The van der Waals surface area contributed by atoms with Crippen LogP contribution in [0.4, 0.5) is 0 Å². The summed E-state index contributed by atoms with van der Waals surface area (Å²) < 4.78 is 6.18. The molecule has 0 spiro atoms. The predicted molar refractivity (Wildman–Crippen MR) is 65.9 cm³/mol. The van der Waals surface area contributed by atoms with Crippen molar-refractivity contribution in [3.63, 3.8) is 0 Å². The molecule has 1 fully saturated rings. The van der Waals surface area contributed by atoms with Crippen molar-refractivity contribution in [2.24, 2.45) is 5.16 Å². The largest absolute Gasteiger partial charge is 0.487 e. The molecule has 2 unspecified atom stereocenters. The van der Waals surface area contributed by atoms with Gasteiger partial charge in [0.15, 0.2) is 0 Å². The fraction of sp³-hybridized carbons (Fsp3) is 0.500. The number of fused-ring (bicyclic) bond motifs is 4. The van der Waals surface area contributed by atoms with Crippen molar-refractivity contribution < 1.29 is 9.94 Å². The standard InChI is InChI=1S/C14H17NO2/c1-2-14-8-10(7-11(9-14)15-16)12-5-3-4-6-13(12)17-14/h3-6,10,16H,2,7-9H2,1H3. The normalized spacial score (nSPS) is 33.0. The summed E-state index contributed by atoms with van der Waals surface area (Å²) in [5, 5.41) is 12.5. The molecule has 2 aliphatic rings. The van der Waals surface area contributed by atoms with Gasteiger partial charge in [0.1, 0.15) is 11.4 Å². The van der Waals surface area contributed by atoms with E-state index in [0.717, 1.165) is 37.1 Å². The Hall–Kier alpha value is -1.51. The highest BCUT2D eigenvalue weighted by atomic mass is 16.5. The highest BCUT2D eigenvalue weighted by molar-refractivity contribution is 5.87. The van der Waals surface area contributed by atoms with Gasteiger partial charge >= 0.3 is 0 Å². The van der Waals surface area contributed by atoms with E-state index in [1.165, 1.54) is 5.56 Å². The first kappa shape index (κ1) is 10.6. The van der Waals surface area contributed by atoms with E-state index < -0.39 is 0 Å². The second-order valence-electron chi connectivity index (χ2n) is 5.12. The number of oxime groups is 1. The molecule has 1 aromatic carbocycles. The van der Waals surface area contributed by atoms with Crippen molar-refractivity contribution in [2.45, 2.75) is 44.1 Å². The molecule has 1 aliphatic carbocycles. The fourth-order valence-electron chi connectivity index (χ4n) is 3.18. The zero-order valence-corrected chi connectivity index (χ0v) is 10.0. The summed E-state index contributed by atoms with van der Waals surface area (Å²) in [5.74, 6) is 1.46. The highest BCUT2D eigenvalue weighted by Gasteiger charge is 2.44. The van der Waals surface area contributed by atoms with Crippen molar-refractivity contribution in [1.29, 1.82) is 0 Å². The highest BCUT2D eigenvalue weighted by Crippen LogP contribution is 2.49. The first-order chi connectivity index (χ1) is 8.26. The Kier molecular flexibility index (Phi) is 2.35. The van der Waals surface area contributed by atoms with Gasteiger partial charge < -0.3 is 9.94 Å². The molecule has 0 saturated heterocycles. The van der Waals surface area contributed by atoms with Crippen LogP contribution in [0, 0.1) is 0 Å². The van der Waals surface area contributed by atoms with E-state index >= 15 is 0 Å². The lowest BCUT2D eigenvalue weighted by Gasteiger charge is -2.45. The topological polar surface area (TPSA) is 41.8 Å². The molecular weight excluding hydrogens is 214 g/mol. The van der Waals surface area contributed by atoms with Crippen molar-refractivity contribution in [3.8, 4) is 5.75 Å². The molecule has 2 atom stereocenters. The van der Waals surface area contributed by atoms with Crippen LogP contribution in [0.2, 0.25) is 0 Å². The van der Waals surface area contributed by atoms with E-state index in [4.69, 9.17) is 9.94 Å². The molecule has 2 bridgehead atoms. The van der Waals surface area contributed by atoms with E-state index in [-0.39, 0.29) is 5.60 Å². The van der Waals surface area contributed by atoms with Crippen molar-refractivity contribution in [2.75, 3.05) is 0 Å². The Morgan fingerprint density at radius 1 is 1.47 bits per heavy atom. The van der Waals surface area contributed by atoms with Crippen LogP contribution in [0.15, 0.2) is 29.4 Å². The molecule has 3 nitrogen and oxygen atoms in total. The molecule has 0 aromatic heterocycles. The Bertz CT molecular complexity index is 469. The van der Waals surface area contributed by atoms with Gasteiger partial charge in [-0.25, -0.2) is 0 Å². The summed E-state index contributed by atoms with van der Waals surface area (Å²) in [6, 6.07) is 8.24. The summed E-state index contributed by atoms with van der Waals surface area (Å²) in [7, 11) is 0. The smallest absolute Gasteiger partial charge is 0.123 e. The number of benzene rings is 1. The molecule has 1 saturated carbocycles. The Labute approximate surface area is 101 Å². The maximum Gasteiger partial charge on any atom is 0.123 e. The van der Waals surface area contributed by atoms with Crippen molar-refractivity contribution >= 4 is 5.71 Å². The summed E-state index contributed by atoms with van der Waals surface area (Å²) in [6.45, 7) is 2.14. The minimum atomic E-state index is -0.154. The second kappa shape index (κ2) is 3.76. The zero-order chi connectivity index (χ0) is 11.9. The second-order valence-corrected chi connectivity index (χ2v) is 5.12. The molecule has 3 rings (SSSR count). The van der Waals surface area contributed by atoms with Crippen LogP contribution in [0.1, 0.15) is 44.1 Å². The summed E-state index contributed by atoms with van der Waals surface area (Å²) in [5.41, 5.74) is 1.98. The van der Waals surface area contributed by atoms with Gasteiger partial charge in [-0.15, -0.1) is 0 Å². The number of rotatable bonds is 1. The molecule has 0 radical (unpaired) electrons. The fourth-order valence-corrected chi connectivity index (χ4v) is 3.18. The van der Waals surface area contributed by atoms with E-state index in [0.29, 0.717) is 5.92 Å². The molecule has 17 heavy (non-hydrogen) atoms. The van der Waals surface area contributed by atoms with Gasteiger partial charge in [-0.1, -0.05) is 30.3 Å². The number of hydrogen-bond acceptors (Lipinski definition) is 3. The van der Waals surface area contributed by atoms with E-state index in [1.807, 2.05) is 18.2 Å². The molecule has 1 heterocycles. The van der Waals surface area contributed by atoms with E-state index in [2.05, 4.69) is 18.1 Å². The van der Waals surface area contributed by atoms with Gasteiger partial charge in [-0.2, -0.15) is 0 Å². The summed E-state index contributed by atoms with van der Waals surface area (Å²) in [4.78, 5) is 0. The maximum absolute atomic E-state index is 9.04. The van der Waals surface area contributed by atoms with Crippen LogP contribution in [-0.4, -0.2) is 16.5 Å². The average molecular weight is 231 g/mol. The molecule has 0 amide bonds. The number of nitrogens with zero attached hydrogens (tertiary/aromatic N) is 1. The lowest BCUT2D eigenvalue weighted by molar-refractivity contribution is 0.0290. The molecule has 1 N–H and O–H groups in total. The van der Waals surface area contributed by atoms with E-state index in [1.54, 1.807) is 0 Å². The van der Waals surface area contributed by atoms with Gasteiger partial charge in [0.05, 0.1) is 5.71 Å². The maximum atomic E-state index is 9.04. The summed E-state index contributed by atoms with van der Waals surface area (Å²) in [6.07, 6.45) is 3.61. The van der Waals surface area contributed by atoms with Crippen LogP contribution < -0.4 is 4.74 Å². The van der Waals surface area contributed by atoms with Crippen molar-refractivity contribution in [3.05, 3.63) is 29.8 Å². The minimum absolute atomic E-state index is 0.154. The first-order valence-corrected chi connectivity index (χ1v) is 6.24. The number of para-hydroxylation sites is 1. The summed E-state index contributed by atoms with van der Waals surface area (Å²) >= 11 is 0. The lowest BCUT2D eigenvalue weighted by atomic mass is 9.71. The quantitative estimate of drug-likeness (QED) is 0.595. The van der Waals surface area contributed by atoms with Crippen LogP contribution in [0.5, 0.6) is 5.75 Å². The molecule has 1 aliphatic heterocycles. The third-order valence-corrected chi connectivity index (χ3v) is 4.10. The van der Waals surface area contributed by atoms with Gasteiger partial charge in [0.25, 0.3) is 0 Å². The predicted octanol–water partition coefficient (Wildman–Crippen LogP) is 3.33. The SMILES string of the molecule is CCC12CC(=NO)CC(C1)c1ccccc1O2. The molecule has 3 heteroatoms. The third-order valence-electron chi connectivity index (χ3n) is 4.10. The van der Waals surface area contributed by atoms with Gasteiger partial charge in [0.2, 0.25) is 0 Å².